The number of sulfonamides is 1. The van der Waals surface area contributed by atoms with E-state index in [9.17, 15) is 13.2 Å². The van der Waals surface area contributed by atoms with Gasteiger partial charge in [0.25, 0.3) is 15.9 Å². The number of halogens is 1. The molecular formula is C13H19ClN4O3S. The average molecular weight is 347 g/mol. The molecule has 0 bridgehead atoms. The lowest BCUT2D eigenvalue weighted by molar-refractivity contribution is -0.127. The second-order valence-electron chi connectivity index (χ2n) is 5.47. The van der Waals surface area contributed by atoms with E-state index in [2.05, 4.69) is 4.40 Å². The van der Waals surface area contributed by atoms with E-state index in [0.717, 1.165) is 12.8 Å². The van der Waals surface area contributed by atoms with Crippen molar-refractivity contribution in [1.82, 2.24) is 9.80 Å². The van der Waals surface area contributed by atoms with E-state index >= 15 is 0 Å². The van der Waals surface area contributed by atoms with Gasteiger partial charge in [-0.15, -0.1) is 16.8 Å². The standard InChI is InChI=1S/C13H18N4O3S.ClH/c14-10-3-1-6-17(9-10)13(18)11-4-2-5-16-7-8-21(19,20)15-12(11)16;/h2,4-5,10H,1,3,6-9,14H2;1H. The molecule has 0 aromatic heterocycles. The molecule has 3 aliphatic heterocycles. The van der Waals surface area contributed by atoms with Crippen LogP contribution in [-0.4, -0.2) is 61.4 Å². The fourth-order valence-corrected chi connectivity index (χ4v) is 3.73. The summed E-state index contributed by atoms with van der Waals surface area (Å²) in [5, 5.41) is 0. The van der Waals surface area contributed by atoms with Gasteiger partial charge in [0.15, 0.2) is 5.84 Å². The number of fused-ring (bicyclic) bond motifs is 1. The van der Waals surface area contributed by atoms with E-state index in [1.54, 1.807) is 28.2 Å². The summed E-state index contributed by atoms with van der Waals surface area (Å²) < 4.78 is 27.2. The van der Waals surface area contributed by atoms with Crippen molar-refractivity contribution >= 4 is 34.2 Å². The van der Waals surface area contributed by atoms with Crippen LogP contribution in [0.25, 0.3) is 0 Å². The van der Waals surface area contributed by atoms with Crippen molar-refractivity contribution in [2.24, 2.45) is 10.1 Å². The topological polar surface area (TPSA) is 96.1 Å². The molecule has 0 aliphatic carbocycles. The maximum absolute atomic E-state index is 12.6. The quantitative estimate of drug-likeness (QED) is 0.712. The van der Waals surface area contributed by atoms with E-state index in [-0.39, 0.29) is 35.9 Å². The third-order valence-electron chi connectivity index (χ3n) is 3.83. The first kappa shape index (κ1) is 17.0. The fraction of sp³-hybridized carbons (Fsp3) is 0.538. The lowest BCUT2D eigenvalue weighted by Crippen LogP contribution is -2.49. The summed E-state index contributed by atoms with van der Waals surface area (Å²) in [7, 11) is -3.48. The number of carbonyl (C=O) groups is 1. The zero-order valence-electron chi connectivity index (χ0n) is 12.0. The predicted molar refractivity (Wildman–Crippen MR) is 86.2 cm³/mol. The molecule has 1 fully saturated rings. The van der Waals surface area contributed by atoms with Gasteiger partial charge in [-0.3, -0.25) is 4.79 Å². The van der Waals surface area contributed by atoms with Crippen LogP contribution in [0, 0.1) is 0 Å². The molecule has 3 rings (SSSR count). The van der Waals surface area contributed by atoms with Crippen LogP contribution >= 0.6 is 12.4 Å². The molecule has 0 aromatic rings. The minimum Gasteiger partial charge on any atom is -0.337 e. The SMILES string of the molecule is Cl.NC1CCCN(C(=O)C2=CC=CN3CCS(=O)(=O)N=C23)C1. The van der Waals surface area contributed by atoms with Gasteiger partial charge in [-0.25, -0.2) is 8.42 Å². The molecule has 122 valence electrons. The summed E-state index contributed by atoms with van der Waals surface area (Å²) >= 11 is 0. The molecule has 2 N–H and O–H groups in total. The number of piperidine rings is 1. The van der Waals surface area contributed by atoms with Crippen LogP contribution in [0.3, 0.4) is 0 Å². The maximum Gasteiger partial charge on any atom is 0.257 e. The lowest BCUT2D eigenvalue weighted by atomic mass is 10.0. The van der Waals surface area contributed by atoms with Crippen LogP contribution in [0.2, 0.25) is 0 Å². The Morgan fingerprint density at radius 3 is 2.86 bits per heavy atom. The van der Waals surface area contributed by atoms with Gasteiger partial charge in [-0.2, -0.15) is 0 Å². The minimum absolute atomic E-state index is 0. The first-order chi connectivity index (χ1) is 9.96. The number of rotatable bonds is 1. The number of likely N-dealkylation sites (tertiary alicyclic amines) is 1. The third-order valence-corrected chi connectivity index (χ3v) is 4.98. The van der Waals surface area contributed by atoms with Crippen LogP contribution in [0.4, 0.5) is 0 Å². The average Bonchev–Trinajstić information content (AvgIpc) is 2.45. The molecule has 7 nitrogen and oxygen atoms in total. The number of nitrogens with two attached hydrogens (primary N) is 1. The van der Waals surface area contributed by atoms with Crippen molar-refractivity contribution in [3.8, 4) is 0 Å². The Morgan fingerprint density at radius 1 is 1.36 bits per heavy atom. The Kier molecular flexibility index (Phi) is 4.93. The van der Waals surface area contributed by atoms with E-state index < -0.39 is 10.0 Å². The van der Waals surface area contributed by atoms with Crippen molar-refractivity contribution < 1.29 is 13.2 Å². The maximum atomic E-state index is 12.6. The van der Waals surface area contributed by atoms with Gasteiger partial charge in [-0.1, -0.05) is 0 Å². The monoisotopic (exact) mass is 346 g/mol. The largest absolute Gasteiger partial charge is 0.337 e. The summed E-state index contributed by atoms with van der Waals surface area (Å²) in [6, 6.07) is -0.0180. The molecule has 0 saturated carbocycles. The summed E-state index contributed by atoms with van der Waals surface area (Å²) in [5.41, 5.74) is 6.23. The van der Waals surface area contributed by atoms with Crippen molar-refractivity contribution in [2.45, 2.75) is 18.9 Å². The molecular weight excluding hydrogens is 328 g/mol. The molecule has 22 heavy (non-hydrogen) atoms. The summed E-state index contributed by atoms with van der Waals surface area (Å²) in [6.07, 6.45) is 6.88. The summed E-state index contributed by atoms with van der Waals surface area (Å²) in [5.74, 6) is -0.0000720. The lowest BCUT2D eigenvalue weighted by Gasteiger charge is -2.34. The van der Waals surface area contributed by atoms with Gasteiger partial charge >= 0.3 is 0 Å². The third kappa shape index (κ3) is 3.34. The molecule has 3 aliphatic rings. The smallest absolute Gasteiger partial charge is 0.257 e. The van der Waals surface area contributed by atoms with Crippen LogP contribution in [0.5, 0.6) is 0 Å². The molecule has 1 saturated heterocycles. The highest BCUT2D eigenvalue weighted by Gasteiger charge is 2.33. The Labute approximate surface area is 136 Å². The Bertz CT molecular complexity index is 656. The fourth-order valence-electron chi connectivity index (χ4n) is 2.75. The molecule has 1 amide bonds. The zero-order valence-corrected chi connectivity index (χ0v) is 13.6. The molecule has 3 heterocycles. The number of amidine groups is 1. The number of nitrogens with zero attached hydrogens (tertiary/aromatic N) is 3. The molecule has 9 heteroatoms. The van der Waals surface area contributed by atoms with E-state index in [1.165, 1.54) is 0 Å². The van der Waals surface area contributed by atoms with Crippen LogP contribution in [0.15, 0.2) is 28.3 Å². The van der Waals surface area contributed by atoms with Gasteiger partial charge in [0.1, 0.15) is 0 Å². The van der Waals surface area contributed by atoms with Gasteiger partial charge in [0.2, 0.25) is 0 Å². The van der Waals surface area contributed by atoms with Crippen molar-refractivity contribution in [3.05, 3.63) is 23.9 Å². The molecule has 0 radical (unpaired) electrons. The van der Waals surface area contributed by atoms with Crippen LogP contribution in [0.1, 0.15) is 12.8 Å². The summed E-state index contributed by atoms with van der Waals surface area (Å²) in [4.78, 5) is 16.0. The van der Waals surface area contributed by atoms with Gasteiger partial charge in [0, 0.05) is 31.9 Å². The van der Waals surface area contributed by atoms with E-state index in [0.29, 0.717) is 25.2 Å². The Morgan fingerprint density at radius 2 is 2.14 bits per heavy atom. The van der Waals surface area contributed by atoms with Crippen LogP contribution in [-0.2, 0) is 14.8 Å². The highest BCUT2D eigenvalue weighted by atomic mass is 35.5. The van der Waals surface area contributed by atoms with E-state index in [1.807, 2.05) is 0 Å². The van der Waals surface area contributed by atoms with Gasteiger partial charge in [-0.05, 0) is 25.0 Å². The van der Waals surface area contributed by atoms with Crippen molar-refractivity contribution in [3.63, 3.8) is 0 Å². The molecule has 0 spiro atoms. The summed E-state index contributed by atoms with van der Waals surface area (Å²) in [6.45, 7) is 1.47. The second kappa shape index (κ2) is 6.39. The highest BCUT2D eigenvalue weighted by molar-refractivity contribution is 7.90. The second-order valence-corrected chi connectivity index (χ2v) is 7.22. The number of hydrogen-bond acceptors (Lipinski definition) is 5. The first-order valence-corrected chi connectivity index (χ1v) is 8.60. The van der Waals surface area contributed by atoms with Gasteiger partial charge < -0.3 is 15.5 Å². The zero-order chi connectivity index (χ0) is 15.0. The number of amides is 1. The Balaban J connectivity index is 0.00000176. The number of carbonyl (C=O) groups excluding carboxylic acids is 1. The minimum atomic E-state index is -3.48. The van der Waals surface area contributed by atoms with E-state index in [4.69, 9.17) is 5.73 Å². The molecule has 1 atom stereocenters. The van der Waals surface area contributed by atoms with Crippen molar-refractivity contribution in [2.75, 3.05) is 25.4 Å². The first-order valence-electron chi connectivity index (χ1n) is 6.99. The van der Waals surface area contributed by atoms with Crippen molar-refractivity contribution in [1.29, 1.82) is 0 Å². The predicted octanol–water partition coefficient (Wildman–Crippen LogP) is -0.144. The number of hydrogen-bond donors (Lipinski definition) is 1. The molecule has 0 aromatic carbocycles. The normalized spacial score (nSPS) is 26.5. The van der Waals surface area contributed by atoms with Gasteiger partial charge in [0.05, 0.1) is 11.3 Å². The van der Waals surface area contributed by atoms with Crippen LogP contribution < -0.4 is 5.73 Å². The molecule has 1 unspecified atom stereocenters. The Hall–Kier alpha value is -1.38. The highest BCUT2D eigenvalue weighted by Crippen LogP contribution is 2.21. The number of allylic oxidation sites excluding steroid dienone is 2.